The monoisotopic (exact) mass is 224 g/mol. The SMILES string of the molecule is CNS(=O)(=O)c1ccccc1CCC#N. The van der Waals surface area contributed by atoms with Crippen molar-refractivity contribution in [2.24, 2.45) is 0 Å². The average molecular weight is 224 g/mol. The van der Waals surface area contributed by atoms with E-state index in [0.717, 1.165) is 0 Å². The Balaban J connectivity index is 3.13. The van der Waals surface area contributed by atoms with Crippen LogP contribution >= 0.6 is 0 Å². The molecule has 0 unspecified atom stereocenters. The first kappa shape index (κ1) is 11.7. The fourth-order valence-electron chi connectivity index (χ4n) is 1.27. The molecule has 0 spiro atoms. The maximum atomic E-state index is 11.6. The summed E-state index contributed by atoms with van der Waals surface area (Å²) in [5, 5.41) is 8.46. The van der Waals surface area contributed by atoms with E-state index in [1.165, 1.54) is 7.05 Å². The summed E-state index contributed by atoms with van der Waals surface area (Å²) >= 11 is 0. The predicted octanol–water partition coefficient (Wildman–Crippen LogP) is 1.05. The number of hydrogen-bond acceptors (Lipinski definition) is 3. The Labute approximate surface area is 89.6 Å². The zero-order chi connectivity index (χ0) is 11.3. The third kappa shape index (κ3) is 2.78. The van der Waals surface area contributed by atoms with Crippen molar-refractivity contribution in [1.82, 2.24) is 4.72 Å². The van der Waals surface area contributed by atoms with Gasteiger partial charge in [0, 0.05) is 6.42 Å². The number of sulfonamides is 1. The quantitative estimate of drug-likeness (QED) is 0.831. The number of nitrogens with one attached hydrogen (secondary N) is 1. The molecule has 0 aliphatic rings. The summed E-state index contributed by atoms with van der Waals surface area (Å²) in [6, 6.07) is 8.69. The molecular formula is C10H12N2O2S. The van der Waals surface area contributed by atoms with Crippen molar-refractivity contribution in [3.8, 4) is 6.07 Å². The molecular weight excluding hydrogens is 212 g/mol. The Hall–Kier alpha value is -1.38. The number of aryl methyl sites for hydroxylation is 1. The molecule has 0 heterocycles. The molecule has 0 bridgehead atoms. The van der Waals surface area contributed by atoms with E-state index in [1.807, 2.05) is 6.07 Å². The highest BCUT2D eigenvalue weighted by molar-refractivity contribution is 7.89. The van der Waals surface area contributed by atoms with Gasteiger partial charge in [0.2, 0.25) is 10.0 Å². The number of nitrogens with zero attached hydrogens (tertiary/aromatic N) is 1. The van der Waals surface area contributed by atoms with Crippen LogP contribution in [0, 0.1) is 11.3 Å². The van der Waals surface area contributed by atoms with Crippen LogP contribution in [0.25, 0.3) is 0 Å². The molecule has 0 saturated carbocycles. The molecule has 1 aromatic carbocycles. The van der Waals surface area contributed by atoms with Crippen LogP contribution in [0.4, 0.5) is 0 Å². The first-order valence-electron chi connectivity index (χ1n) is 4.50. The average Bonchev–Trinajstić information content (AvgIpc) is 2.26. The van der Waals surface area contributed by atoms with E-state index >= 15 is 0 Å². The molecule has 5 heteroatoms. The van der Waals surface area contributed by atoms with Gasteiger partial charge in [0.1, 0.15) is 0 Å². The molecule has 0 aliphatic heterocycles. The van der Waals surface area contributed by atoms with Gasteiger partial charge in [0.25, 0.3) is 0 Å². The van der Waals surface area contributed by atoms with E-state index in [0.29, 0.717) is 18.4 Å². The molecule has 0 saturated heterocycles. The summed E-state index contributed by atoms with van der Waals surface area (Å²) in [6.45, 7) is 0. The van der Waals surface area contributed by atoms with Crippen LogP contribution in [0.5, 0.6) is 0 Å². The van der Waals surface area contributed by atoms with Crippen LogP contribution in [-0.2, 0) is 16.4 Å². The van der Waals surface area contributed by atoms with Gasteiger partial charge in [-0.05, 0) is 25.1 Å². The standard InChI is InChI=1S/C10H12N2O2S/c1-12-15(13,14)10-7-3-2-5-9(10)6-4-8-11/h2-3,5,7,12H,4,6H2,1H3. The van der Waals surface area contributed by atoms with E-state index in [2.05, 4.69) is 4.72 Å². The Morgan fingerprint density at radius 1 is 1.40 bits per heavy atom. The van der Waals surface area contributed by atoms with Crippen LogP contribution in [-0.4, -0.2) is 15.5 Å². The Morgan fingerprint density at radius 3 is 2.67 bits per heavy atom. The normalized spacial score (nSPS) is 10.9. The minimum absolute atomic E-state index is 0.253. The zero-order valence-corrected chi connectivity index (χ0v) is 9.21. The highest BCUT2D eigenvalue weighted by Crippen LogP contribution is 2.16. The second kappa shape index (κ2) is 4.91. The minimum atomic E-state index is -3.42. The van der Waals surface area contributed by atoms with Gasteiger partial charge in [0.05, 0.1) is 11.0 Å². The van der Waals surface area contributed by atoms with E-state index in [9.17, 15) is 8.42 Å². The summed E-state index contributed by atoms with van der Waals surface area (Å²) in [7, 11) is -2.05. The lowest BCUT2D eigenvalue weighted by Gasteiger charge is -2.07. The summed E-state index contributed by atoms with van der Waals surface area (Å²) in [5.41, 5.74) is 0.674. The molecule has 15 heavy (non-hydrogen) atoms. The van der Waals surface area contributed by atoms with Crippen molar-refractivity contribution in [2.75, 3.05) is 7.05 Å². The lowest BCUT2D eigenvalue weighted by atomic mass is 10.1. The molecule has 0 fully saturated rings. The first-order valence-corrected chi connectivity index (χ1v) is 5.98. The highest BCUT2D eigenvalue weighted by atomic mass is 32.2. The Bertz CT molecular complexity index is 474. The molecule has 0 aliphatic carbocycles. The summed E-state index contributed by atoms with van der Waals surface area (Å²) in [5.74, 6) is 0. The second-order valence-corrected chi connectivity index (χ2v) is 4.83. The second-order valence-electron chi connectivity index (χ2n) is 2.97. The first-order chi connectivity index (χ1) is 7.11. The van der Waals surface area contributed by atoms with Crippen LogP contribution in [0.15, 0.2) is 29.2 Å². The van der Waals surface area contributed by atoms with Gasteiger partial charge in [-0.3, -0.25) is 0 Å². The van der Waals surface area contributed by atoms with E-state index in [-0.39, 0.29) is 4.90 Å². The van der Waals surface area contributed by atoms with Gasteiger partial charge < -0.3 is 0 Å². The van der Waals surface area contributed by atoms with Crippen LogP contribution in [0.2, 0.25) is 0 Å². The molecule has 80 valence electrons. The fraction of sp³-hybridized carbons (Fsp3) is 0.300. The summed E-state index contributed by atoms with van der Waals surface area (Å²) < 4.78 is 25.4. The number of benzene rings is 1. The van der Waals surface area contributed by atoms with Crippen LogP contribution < -0.4 is 4.72 Å². The van der Waals surface area contributed by atoms with Crippen molar-refractivity contribution in [3.05, 3.63) is 29.8 Å². The third-order valence-electron chi connectivity index (χ3n) is 2.04. The van der Waals surface area contributed by atoms with Gasteiger partial charge in [-0.15, -0.1) is 0 Å². The van der Waals surface area contributed by atoms with Gasteiger partial charge in [0.15, 0.2) is 0 Å². The largest absolute Gasteiger partial charge is 0.240 e. The van der Waals surface area contributed by atoms with Crippen LogP contribution in [0.1, 0.15) is 12.0 Å². The smallest absolute Gasteiger partial charge is 0.214 e. The molecule has 0 atom stereocenters. The maximum Gasteiger partial charge on any atom is 0.240 e. The van der Waals surface area contributed by atoms with E-state index in [4.69, 9.17) is 5.26 Å². The molecule has 0 radical (unpaired) electrons. The number of hydrogen-bond donors (Lipinski definition) is 1. The maximum absolute atomic E-state index is 11.6. The van der Waals surface area contributed by atoms with Crippen molar-refractivity contribution < 1.29 is 8.42 Å². The molecule has 1 N–H and O–H groups in total. The fourth-order valence-corrected chi connectivity index (χ4v) is 2.27. The number of rotatable bonds is 4. The van der Waals surface area contributed by atoms with Gasteiger partial charge in [-0.25, -0.2) is 13.1 Å². The third-order valence-corrected chi connectivity index (χ3v) is 3.55. The van der Waals surface area contributed by atoms with Crippen LogP contribution in [0.3, 0.4) is 0 Å². The predicted molar refractivity (Wildman–Crippen MR) is 56.6 cm³/mol. The minimum Gasteiger partial charge on any atom is -0.214 e. The Morgan fingerprint density at radius 2 is 2.07 bits per heavy atom. The van der Waals surface area contributed by atoms with Crippen molar-refractivity contribution >= 4 is 10.0 Å². The molecule has 1 aromatic rings. The molecule has 1 rings (SSSR count). The zero-order valence-electron chi connectivity index (χ0n) is 8.40. The number of nitriles is 1. The van der Waals surface area contributed by atoms with Crippen molar-refractivity contribution in [2.45, 2.75) is 17.7 Å². The molecule has 0 amide bonds. The lowest BCUT2D eigenvalue weighted by Crippen LogP contribution is -2.20. The van der Waals surface area contributed by atoms with E-state index in [1.54, 1.807) is 24.3 Å². The summed E-state index contributed by atoms with van der Waals surface area (Å²) in [4.78, 5) is 0.253. The lowest BCUT2D eigenvalue weighted by molar-refractivity contribution is 0.587. The van der Waals surface area contributed by atoms with Gasteiger partial charge >= 0.3 is 0 Å². The topological polar surface area (TPSA) is 70.0 Å². The van der Waals surface area contributed by atoms with Gasteiger partial charge in [-0.2, -0.15) is 5.26 Å². The molecule has 0 aromatic heterocycles. The van der Waals surface area contributed by atoms with Crippen molar-refractivity contribution in [1.29, 1.82) is 5.26 Å². The highest BCUT2D eigenvalue weighted by Gasteiger charge is 2.14. The van der Waals surface area contributed by atoms with Gasteiger partial charge in [-0.1, -0.05) is 18.2 Å². The molecule has 4 nitrogen and oxygen atoms in total. The summed E-state index contributed by atoms with van der Waals surface area (Å²) in [6.07, 6.45) is 0.768. The Kier molecular flexibility index (Phi) is 3.83. The van der Waals surface area contributed by atoms with Crippen molar-refractivity contribution in [3.63, 3.8) is 0 Å². The van der Waals surface area contributed by atoms with E-state index < -0.39 is 10.0 Å².